The summed E-state index contributed by atoms with van der Waals surface area (Å²) < 4.78 is 39.2. The molecule has 1 N–H and O–H groups in total. The van der Waals surface area contributed by atoms with Gasteiger partial charge in [-0.1, -0.05) is 140 Å². The third kappa shape index (κ3) is 9.90. The van der Waals surface area contributed by atoms with E-state index in [0.29, 0.717) is 56.3 Å². The lowest BCUT2D eigenvalue weighted by atomic mass is 9.89. The Morgan fingerprint density at radius 1 is 0.571 bits per heavy atom. The maximum Gasteiger partial charge on any atom is 0.251 e. The van der Waals surface area contributed by atoms with Crippen LogP contribution in [0.5, 0.6) is 11.5 Å². The van der Waals surface area contributed by atoms with Crippen LogP contribution in [0.3, 0.4) is 0 Å². The van der Waals surface area contributed by atoms with Crippen LogP contribution in [0.4, 0.5) is 0 Å². The van der Waals surface area contributed by atoms with Gasteiger partial charge in [0.2, 0.25) is 12.6 Å². The molecule has 6 aromatic rings. The number of rotatable bonds is 17. The van der Waals surface area contributed by atoms with Crippen molar-refractivity contribution in [1.82, 2.24) is 5.32 Å². The fourth-order valence-electron chi connectivity index (χ4n) is 6.79. The van der Waals surface area contributed by atoms with Crippen LogP contribution < -0.4 is 14.8 Å². The first-order valence-corrected chi connectivity index (χ1v) is 19.0. The molecule has 1 amide bonds. The summed E-state index contributed by atoms with van der Waals surface area (Å²) in [5, 5.41) is 2.76. The Morgan fingerprint density at radius 2 is 1.05 bits per heavy atom. The van der Waals surface area contributed by atoms with Gasteiger partial charge in [-0.15, -0.1) is 0 Å². The van der Waals surface area contributed by atoms with Gasteiger partial charge in [-0.3, -0.25) is 4.79 Å². The van der Waals surface area contributed by atoms with E-state index >= 15 is 0 Å². The molecule has 1 fully saturated rings. The molecular weight excluding hydrogens is 703 g/mol. The van der Waals surface area contributed by atoms with E-state index in [1.54, 1.807) is 13.1 Å². The molecule has 0 spiro atoms. The number of carbonyl (C=O) groups excluding carboxylic acids is 1. The lowest BCUT2D eigenvalue weighted by Gasteiger charge is -2.24. The second-order valence-electron chi connectivity index (χ2n) is 13.5. The highest BCUT2D eigenvalue weighted by Gasteiger charge is 2.39. The molecule has 0 aromatic heterocycles. The van der Waals surface area contributed by atoms with E-state index in [1.807, 2.05) is 146 Å². The zero-order chi connectivity index (χ0) is 38.5. The fourth-order valence-corrected chi connectivity index (χ4v) is 6.79. The lowest BCUT2D eigenvalue weighted by molar-refractivity contribution is -0.200. The average Bonchev–Trinajstić information content (AvgIpc) is 3.65. The summed E-state index contributed by atoms with van der Waals surface area (Å²) in [6, 6.07) is 49.6. The highest BCUT2D eigenvalue weighted by Crippen LogP contribution is 2.43. The van der Waals surface area contributed by atoms with Crippen molar-refractivity contribution in [1.29, 1.82) is 0 Å². The molecule has 0 bridgehead atoms. The minimum atomic E-state index is -0.791. The number of nitrogens with one attached hydrogen (secondary N) is 1. The summed E-state index contributed by atoms with van der Waals surface area (Å²) in [4.78, 5) is 12.9. The van der Waals surface area contributed by atoms with Crippen molar-refractivity contribution in [3.63, 3.8) is 0 Å². The first kappa shape index (κ1) is 38.5. The van der Waals surface area contributed by atoms with Gasteiger partial charge in [-0.05, 0) is 57.5 Å². The predicted molar refractivity (Wildman–Crippen MR) is 216 cm³/mol. The van der Waals surface area contributed by atoms with Gasteiger partial charge >= 0.3 is 0 Å². The molecule has 8 heteroatoms. The van der Waals surface area contributed by atoms with Gasteiger partial charge in [-0.2, -0.15) is 0 Å². The molecule has 6 aromatic carbocycles. The number of ether oxygens (including phenoxy) is 6. The highest BCUT2D eigenvalue weighted by atomic mass is 16.9. The molecule has 1 saturated heterocycles. The second kappa shape index (κ2) is 19.2. The maximum absolute atomic E-state index is 12.9. The van der Waals surface area contributed by atoms with Crippen molar-refractivity contribution < 1.29 is 33.2 Å². The molecule has 1 heterocycles. The third-order valence-electron chi connectivity index (χ3n) is 9.62. The van der Waals surface area contributed by atoms with Gasteiger partial charge in [0, 0.05) is 30.7 Å². The van der Waals surface area contributed by atoms with E-state index in [4.69, 9.17) is 28.4 Å². The largest absolute Gasteiger partial charge is 0.488 e. The normalized spacial score (nSPS) is 15.4. The summed E-state index contributed by atoms with van der Waals surface area (Å²) >= 11 is 0. The van der Waals surface area contributed by atoms with Crippen LogP contribution in [-0.4, -0.2) is 31.8 Å². The van der Waals surface area contributed by atoms with E-state index in [2.05, 4.69) is 12.2 Å². The molecular formula is C48H47NO7. The summed E-state index contributed by atoms with van der Waals surface area (Å²) in [6.07, 6.45) is -1.35. The average molecular weight is 750 g/mol. The zero-order valence-electron chi connectivity index (χ0n) is 31.8. The Hall–Kier alpha value is -5.77. The van der Waals surface area contributed by atoms with Gasteiger partial charge in [0.25, 0.3) is 5.91 Å². The van der Waals surface area contributed by atoms with Crippen molar-refractivity contribution in [2.75, 3.05) is 7.05 Å². The van der Waals surface area contributed by atoms with Crippen LogP contribution in [0.2, 0.25) is 0 Å². The standard InChI is InChI=1S/C48H47NO7/c1-3-40-41(28-44-55-47(53-32-36-21-12-6-13-22-36)48(56-44)54-33-37-23-14-7-15-24-37)45(38-25-16-26-39(27-38)46(50)49-2)43(52-31-35-19-10-5-11-20-35)29-42(40)51-30-34-17-8-4-9-18-34/h4-27,29,44,47-48H,3,28,30-33H2,1-2H3,(H,49,50)/t47-,48-/m0/s1. The van der Waals surface area contributed by atoms with Gasteiger partial charge in [0.05, 0.1) is 13.2 Å². The fraction of sp³-hybridized carbons (Fsp3) is 0.229. The number of hydrogen-bond acceptors (Lipinski definition) is 7. The minimum absolute atomic E-state index is 0.182. The molecule has 0 unspecified atom stereocenters. The predicted octanol–water partition coefficient (Wildman–Crippen LogP) is 9.43. The van der Waals surface area contributed by atoms with Crippen molar-refractivity contribution in [3.8, 4) is 22.6 Å². The van der Waals surface area contributed by atoms with Crippen LogP contribution in [0.15, 0.2) is 152 Å². The number of benzene rings is 6. The molecule has 1 aliphatic rings. The van der Waals surface area contributed by atoms with E-state index < -0.39 is 18.9 Å². The Morgan fingerprint density at radius 3 is 1.54 bits per heavy atom. The van der Waals surface area contributed by atoms with Crippen LogP contribution in [-0.2, 0) is 58.2 Å². The van der Waals surface area contributed by atoms with E-state index in [1.165, 1.54) is 0 Å². The number of hydrogen-bond donors (Lipinski definition) is 1. The molecule has 286 valence electrons. The van der Waals surface area contributed by atoms with Crippen LogP contribution in [0, 0.1) is 0 Å². The highest BCUT2D eigenvalue weighted by molar-refractivity contribution is 5.95. The molecule has 2 atom stereocenters. The molecule has 7 rings (SSSR count). The topological polar surface area (TPSA) is 84.5 Å². The molecule has 0 radical (unpaired) electrons. The van der Waals surface area contributed by atoms with Gasteiger partial charge in [-0.25, -0.2) is 0 Å². The quantitative estimate of drug-likeness (QED) is 0.0995. The Kier molecular flexibility index (Phi) is 13.2. The SMILES string of the molecule is CCc1c(OCc2ccccc2)cc(OCc2ccccc2)c(-c2cccc(C(=O)NC)c2)c1CC1O[C@H](OCc2ccccc2)[C@@H](OCc2ccccc2)O1. The first-order valence-electron chi connectivity index (χ1n) is 19.0. The van der Waals surface area contributed by atoms with E-state index in [9.17, 15) is 4.79 Å². The molecule has 8 nitrogen and oxygen atoms in total. The Balaban J connectivity index is 1.28. The van der Waals surface area contributed by atoms with Gasteiger partial charge < -0.3 is 33.7 Å². The third-order valence-corrected chi connectivity index (χ3v) is 9.62. The van der Waals surface area contributed by atoms with Crippen LogP contribution in [0.1, 0.15) is 50.7 Å². The monoisotopic (exact) mass is 749 g/mol. The van der Waals surface area contributed by atoms with Crippen LogP contribution in [0.25, 0.3) is 11.1 Å². The Labute approximate surface area is 328 Å². The van der Waals surface area contributed by atoms with E-state index in [-0.39, 0.29) is 5.91 Å². The minimum Gasteiger partial charge on any atom is -0.488 e. The maximum atomic E-state index is 12.9. The smallest absolute Gasteiger partial charge is 0.251 e. The molecule has 1 aliphatic heterocycles. The number of amides is 1. The second-order valence-corrected chi connectivity index (χ2v) is 13.5. The van der Waals surface area contributed by atoms with Crippen molar-refractivity contribution in [2.45, 2.75) is 65.1 Å². The van der Waals surface area contributed by atoms with Crippen molar-refractivity contribution >= 4 is 5.91 Å². The van der Waals surface area contributed by atoms with Gasteiger partial charge in [0.15, 0.2) is 6.29 Å². The summed E-state index contributed by atoms with van der Waals surface area (Å²) in [5.41, 5.74) is 8.17. The first-order chi connectivity index (χ1) is 27.6. The van der Waals surface area contributed by atoms with Crippen LogP contribution >= 0.6 is 0 Å². The summed E-state index contributed by atoms with van der Waals surface area (Å²) in [5.74, 6) is 1.13. The van der Waals surface area contributed by atoms with Crippen molar-refractivity contribution in [3.05, 3.63) is 191 Å². The van der Waals surface area contributed by atoms with E-state index in [0.717, 1.165) is 44.5 Å². The molecule has 0 saturated carbocycles. The summed E-state index contributed by atoms with van der Waals surface area (Å²) in [6.45, 7) is 3.46. The van der Waals surface area contributed by atoms with Crippen molar-refractivity contribution in [2.24, 2.45) is 0 Å². The zero-order valence-corrected chi connectivity index (χ0v) is 31.8. The summed E-state index contributed by atoms with van der Waals surface area (Å²) in [7, 11) is 1.63. The Bertz CT molecular complexity index is 2090. The number of carbonyl (C=O) groups is 1. The van der Waals surface area contributed by atoms with Gasteiger partial charge in [0.1, 0.15) is 24.7 Å². The lowest BCUT2D eigenvalue weighted by Crippen LogP contribution is -2.28. The molecule has 56 heavy (non-hydrogen) atoms. The molecule has 0 aliphatic carbocycles.